The van der Waals surface area contributed by atoms with Crippen LogP contribution in [0.5, 0.6) is 0 Å². The van der Waals surface area contributed by atoms with Gasteiger partial charge in [-0.15, -0.1) is 19.0 Å². The van der Waals surface area contributed by atoms with Gasteiger partial charge in [0.1, 0.15) is 6.29 Å². The zero-order valence-corrected chi connectivity index (χ0v) is 4.20. The average molecular weight is 107 g/mol. The molecule has 0 spiro atoms. The van der Waals surface area contributed by atoms with Crippen molar-refractivity contribution in [3.05, 3.63) is 12.7 Å². The zero-order valence-electron chi connectivity index (χ0n) is 3.39. The van der Waals surface area contributed by atoms with Gasteiger partial charge in [-0.25, -0.2) is 0 Å². The molecule has 36 valence electrons. The first kappa shape index (κ1) is 9.20. The molecule has 0 rings (SSSR count). The fraction of sp³-hybridized carbons (Fsp3) is 0.250. The van der Waals surface area contributed by atoms with Gasteiger partial charge in [0, 0.05) is 6.42 Å². The summed E-state index contributed by atoms with van der Waals surface area (Å²) in [4.78, 5) is 9.33. The molecule has 2 heteroatoms. The molecule has 0 aliphatic carbocycles. The molecule has 0 radical (unpaired) electrons. The van der Waals surface area contributed by atoms with Gasteiger partial charge in [0.25, 0.3) is 0 Å². The summed E-state index contributed by atoms with van der Waals surface area (Å²) in [6.45, 7) is 3.32. The lowest BCUT2D eigenvalue weighted by atomic mass is 10.5. The van der Waals surface area contributed by atoms with Crippen molar-refractivity contribution in [1.82, 2.24) is 0 Å². The van der Waals surface area contributed by atoms with Crippen LogP contribution >= 0.6 is 12.4 Å². The molecule has 0 unspecified atom stereocenters. The van der Waals surface area contributed by atoms with Gasteiger partial charge in [0.2, 0.25) is 0 Å². The number of allylic oxidation sites excluding steroid dienone is 1. The largest absolute Gasteiger partial charge is 0.303 e. The molecule has 0 amide bonds. The van der Waals surface area contributed by atoms with Gasteiger partial charge in [-0.05, 0) is 0 Å². The Bertz CT molecular complexity index is 36.8. The molecule has 0 aromatic heterocycles. The predicted octanol–water partition coefficient (Wildman–Crippen LogP) is 1.18. The van der Waals surface area contributed by atoms with Crippen molar-refractivity contribution < 1.29 is 4.79 Å². The number of rotatable bonds is 2. The van der Waals surface area contributed by atoms with E-state index in [1.807, 2.05) is 0 Å². The third-order valence-corrected chi connectivity index (χ3v) is 0.263. The molecule has 1 nitrogen and oxygen atoms in total. The summed E-state index contributed by atoms with van der Waals surface area (Å²) in [6.07, 6.45) is 2.85. The average Bonchev–Trinajstić information content (AvgIpc) is 1.41. The Morgan fingerprint density at radius 3 is 2.17 bits per heavy atom. The highest BCUT2D eigenvalue weighted by atomic mass is 35.5. The summed E-state index contributed by atoms with van der Waals surface area (Å²) in [5, 5.41) is 0. The van der Waals surface area contributed by atoms with Crippen LogP contribution in [0.2, 0.25) is 0 Å². The lowest BCUT2D eigenvalue weighted by Gasteiger charge is -1.59. The van der Waals surface area contributed by atoms with Gasteiger partial charge in [0.15, 0.2) is 0 Å². The highest BCUT2D eigenvalue weighted by Gasteiger charge is 1.59. The number of carbonyl (C=O) groups excluding carboxylic acids is 1. The molecular formula is C4H7ClO. The molecule has 0 atom stereocenters. The monoisotopic (exact) mass is 106 g/mol. The maximum atomic E-state index is 9.33. The van der Waals surface area contributed by atoms with Crippen LogP contribution in [-0.4, -0.2) is 6.29 Å². The maximum absolute atomic E-state index is 9.33. The Morgan fingerprint density at radius 1 is 1.67 bits per heavy atom. The molecule has 0 aromatic rings. The van der Waals surface area contributed by atoms with E-state index in [9.17, 15) is 4.79 Å². The van der Waals surface area contributed by atoms with Crippen molar-refractivity contribution in [2.75, 3.05) is 0 Å². The van der Waals surface area contributed by atoms with E-state index in [2.05, 4.69) is 6.58 Å². The Morgan fingerprint density at radius 2 is 2.17 bits per heavy atom. The van der Waals surface area contributed by atoms with E-state index in [0.717, 1.165) is 6.29 Å². The molecule has 0 aliphatic rings. The first-order valence-corrected chi connectivity index (χ1v) is 1.46. The van der Waals surface area contributed by atoms with Crippen molar-refractivity contribution in [2.45, 2.75) is 6.42 Å². The van der Waals surface area contributed by atoms with Crippen LogP contribution in [0.3, 0.4) is 0 Å². The van der Waals surface area contributed by atoms with Crippen LogP contribution in [0, 0.1) is 0 Å². The van der Waals surface area contributed by atoms with Crippen LogP contribution in [0.4, 0.5) is 0 Å². The third kappa shape index (κ3) is 9.33. The quantitative estimate of drug-likeness (QED) is 0.382. The van der Waals surface area contributed by atoms with Gasteiger partial charge in [0.05, 0.1) is 0 Å². The van der Waals surface area contributed by atoms with Crippen molar-refractivity contribution in [2.24, 2.45) is 0 Å². The molecule has 0 N–H and O–H groups in total. The van der Waals surface area contributed by atoms with Crippen LogP contribution in [0.25, 0.3) is 0 Å². The molecule has 0 fully saturated rings. The first-order valence-electron chi connectivity index (χ1n) is 1.46. The van der Waals surface area contributed by atoms with E-state index in [0.29, 0.717) is 6.42 Å². The van der Waals surface area contributed by atoms with E-state index < -0.39 is 0 Å². The number of halogens is 1. The normalized spacial score (nSPS) is 5.33. The van der Waals surface area contributed by atoms with E-state index in [-0.39, 0.29) is 12.4 Å². The fourth-order valence-corrected chi connectivity index (χ4v) is 0.0680. The Hall–Kier alpha value is -0.300. The van der Waals surface area contributed by atoms with Crippen LogP contribution in [-0.2, 0) is 4.79 Å². The molecule has 0 saturated heterocycles. The molecule has 0 saturated carbocycles. The molecule has 0 heterocycles. The SMILES string of the molecule is C=CCC=O.Cl. The summed E-state index contributed by atoms with van der Waals surface area (Å²) in [5.41, 5.74) is 0. The minimum Gasteiger partial charge on any atom is -0.303 e. The first-order chi connectivity index (χ1) is 2.41. The van der Waals surface area contributed by atoms with E-state index in [4.69, 9.17) is 0 Å². The van der Waals surface area contributed by atoms with E-state index in [1.165, 1.54) is 0 Å². The summed E-state index contributed by atoms with van der Waals surface area (Å²) in [6, 6.07) is 0. The smallest absolute Gasteiger partial charge is 0.123 e. The topological polar surface area (TPSA) is 17.1 Å². The molecule has 6 heavy (non-hydrogen) atoms. The van der Waals surface area contributed by atoms with Gasteiger partial charge < -0.3 is 4.79 Å². The summed E-state index contributed by atoms with van der Waals surface area (Å²) >= 11 is 0. The maximum Gasteiger partial charge on any atom is 0.123 e. The summed E-state index contributed by atoms with van der Waals surface area (Å²) < 4.78 is 0. The van der Waals surface area contributed by atoms with Crippen molar-refractivity contribution in [3.8, 4) is 0 Å². The minimum atomic E-state index is 0. The second kappa shape index (κ2) is 8.83. The van der Waals surface area contributed by atoms with Crippen molar-refractivity contribution in [3.63, 3.8) is 0 Å². The second-order valence-corrected chi connectivity index (χ2v) is 0.691. The standard InChI is InChI=1S/C4H6O.ClH/c1-2-3-4-5;/h2,4H,1,3H2;1H. The number of hydrogen-bond donors (Lipinski definition) is 0. The molecule has 0 aromatic carbocycles. The number of carbonyl (C=O) groups is 1. The Kier molecular flexibility index (Phi) is 13.5. The summed E-state index contributed by atoms with van der Waals surface area (Å²) in [7, 11) is 0. The molecule has 0 bridgehead atoms. The third-order valence-electron chi connectivity index (χ3n) is 0.263. The molecular weight excluding hydrogens is 99.5 g/mol. The Balaban J connectivity index is 0. The van der Waals surface area contributed by atoms with Crippen molar-refractivity contribution >= 4 is 18.7 Å². The fourth-order valence-electron chi connectivity index (χ4n) is 0.0680. The second-order valence-electron chi connectivity index (χ2n) is 0.691. The van der Waals surface area contributed by atoms with Crippen LogP contribution < -0.4 is 0 Å². The van der Waals surface area contributed by atoms with E-state index in [1.54, 1.807) is 6.08 Å². The van der Waals surface area contributed by atoms with Gasteiger partial charge >= 0.3 is 0 Å². The highest BCUT2D eigenvalue weighted by Crippen LogP contribution is 1.64. The lowest BCUT2D eigenvalue weighted by molar-refractivity contribution is -0.107. The molecule has 0 aliphatic heterocycles. The van der Waals surface area contributed by atoms with Gasteiger partial charge in [-0.2, -0.15) is 0 Å². The Labute approximate surface area is 43.5 Å². The number of hydrogen-bond acceptors (Lipinski definition) is 1. The highest BCUT2D eigenvalue weighted by molar-refractivity contribution is 5.85. The zero-order chi connectivity index (χ0) is 4.12. The van der Waals surface area contributed by atoms with Crippen molar-refractivity contribution in [1.29, 1.82) is 0 Å². The minimum absolute atomic E-state index is 0. The number of aldehydes is 1. The van der Waals surface area contributed by atoms with E-state index >= 15 is 0 Å². The van der Waals surface area contributed by atoms with Gasteiger partial charge in [-0.3, -0.25) is 0 Å². The van der Waals surface area contributed by atoms with Crippen LogP contribution in [0.1, 0.15) is 6.42 Å². The lowest BCUT2D eigenvalue weighted by Crippen LogP contribution is -1.59. The van der Waals surface area contributed by atoms with Crippen LogP contribution in [0.15, 0.2) is 12.7 Å². The summed E-state index contributed by atoms with van der Waals surface area (Å²) in [5.74, 6) is 0. The predicted molar refractivity (Wildman–Crippen MR) is 28.1 cm³/mol. The van der Waals surface area contributed by atoms with Gasteiger partial charge in [-0.1, -0.05) is 6.08 Å².